The Kier molecular flexibility index (Phi) is 4.85. The largest absolute Gasteiger partial charge is 0.384 e. The fraction of sp³-hybridized carbons (Fsp3) is 0.562. The second-order valence-corrected chi connectivity index (χ2v) is 6.83. The van der Waals surface area contributed by atoms with Crippen LogP contribution < -0.4 is 5.32 Å². The molecule has 2 rings (SSSR count). The summed E-state index contributed by atoms with van der Waals surface area (Å²) >= 11 is 1.43. The lowest BCUT2D eigenvalue weighted by Crippen LogP contribution is -2.46. The molecule has 0 aliphatic heterocycles. The summed E-state index contributed by atoms with van der Waals surface area (Å²) in [6.45, 7) is 4.29. The molecule has 1 fully saturated rings. The lowest BCUT2D eigenvalue weighted by molar-refractivity contribution is 0.0854. The first-order chi connectivity index (χ1) is 9.53. The number of rotatable bonds is 2. The molecule has 1 unspecified atom stereocenters. The van der Waals surface area contributed by atoms with Crippen molar-refractivity contribution in [1.29, 1.82) is 0 Å². The van der Waals surface area contributed by atoms with Crippen LogP contribution in [0.25, 0.3) is 0 Å². The number of carbonyl (C=O) groups excluding carboxylic acids is 1. The molecular formula is C16H21NO2S. The quantitative estimate of drug-likeness (QED) is 0.823. The van der Waals surface area contributed by atoms with Crippen molar-refractivity contribution < 1.29 is 9.90 Å². The number of amides is 1. The highest BCUT2D eigenvalue weighted by Gasteiger charge is 2.33. The van der Waals surface area contributed by atoms with E-state index in [1.165, 1.54) is 24.2 Å². The van der Waals surface area contributed by atoms with Gasteiger partial charge < -0.3 is 10.4 Å². The van der Waals surface area contributed by atoms with Gasteiger partial charge in [0.25, 0.3) is 5.91 Å². The second-order valence-electron chi connectivity index (χ2n) is 5.92. The summed E-state index contributed by atoms with van der Waals surface area (Å²) < 4.78 is 0. The van der Waals surface area contributed by atoms with Crippen molar-refractivity contribution in [2.75, 3.05) is 6.61 Å². The number of hydrogen-bond donors (Lipinski definition) is 2. The van der Waals surface area contributed by atoms with Gasteiger partial charge in [-0.2, -0.15) is 0 Å². The Hall–Kier alpha value is -1.31. The molecule has 0 saturated heterocycles. The van der Waals surface area contributed by atoms with E-state index in [9.17, 15) is 4.79 Å². The van der Waals surface area contributed by atoms with Crippen LogP contribution in [0.5, 0.6) is 0 Å². The van der Waals surface area contributed by atoms with Crippen molar-refractivity contribution in [2.24, 2.45) is 5.41 Å². The Morgan fingerprint density at radius 2 is 2.35 bits per heavy atom. The zero-order valence-electron chi connectivity index (χ0n) is 12.0. The third-order valence-electron chi connectivity index (χ3n) is 3.96. The van der Waals surface area contributed by atoms with Gasteiger partial charge in [0.2, 0.25) is 0 Å². The fourth-order valence-corrected chi connectivity index (χ4v) is 3.41. The molecule has 0 radical (unpaired) electrons. The summed E-state index contributed by atoms with van der Waals surface area (Å²) in [6.07, 6.45) is 4.65. The molecule has 0 spiro atoms. The second kappa shape index (κ2) is 6.43. The van der Waals surface area contributed by atoms with E-state index in [-0.39, 0.29) is 24.0 Å². The van der Waals surface area contributed by atoms with E-state index in [1.807, 2.05) is 5.38 Å². The van der Waals surface area contributed by atoms with Crippen LogP contribution in [-0.2, 0) is 0 Å². The van der Waals surface area contributed by atoms with Gasteiger partial charge in [0, 0.05) is 11.4 Å². The molecule has 1 aromatic heterocycles. The molecule has 0 bridgehead atoms. The Morgan fingerprint density at radius 1 is 1.55 bits per heavy atom. The molecule has 1 aliphatic rings. The first kappa shape index (κ1) is 15.1. The van der Waals surface area contributed by atoms with Gasteiger partial charge in [-0.05, 0) is 24.3 Å². The van der Waals surface area contributed by atoms with Crippen LogP contribution in [0.15, 0.2) is 11.4 Å². The third kappa shape index (κ3) is 3.62. The zero-order valence-corrected chi connectivity index (χ0v) is 12.8. The van der Waals surface area contributed by atoms with Crippen molar-refractivity contribution in [1.82, 2.24) is 5.32 Å². The van der Waals surface area contributed by atoms with Crippen LogP contribution in [0.2, 0.25) is 0 Å². The standard InChI is InChI=1S/C16H21NO2S/c1-16(2)8-4-3-7-14(16)17-15(19)12-10-13(20-11-12)6-5-9-18/h10-11,14,18H,3-4,7-9H2,1-2H3,(H,17,19). The molecule has 2 N–H and O–H groups in total. The van der Waals surface area contributed by atoms with Crippen LogP contribution in [0.1, 0.15) is 54.8 Å². The highest BCUT2D eigenvalue weighted by atomic mass is 32.1. The molecule has 1 atom stereocenters. The predicted molar refractivity (Wildman–Crippen MR) is 81.8 cm³/mol. The molecule has 108 valence electrons. The molecule has 1 aliphatic carbocycles. The monoisotopic (exact) mass is 291 g/mol. The summed E-state index contributed by atoms with van der Waals surface area (Å²) in [4.78, 5) is 13.1. The Balaban J connectivity index is 2.02. The third-order valence-corrected chi connectivity index (χ3v) is 4.81. The van der Waals surface area contributed by atoms with Gasteiger partial charge in [0.05, 0.1) is 10.4 Å². The van der Waals surface area contributed by atoms with Crippen molar-refractivity contribution in [3.05, 3.63) is 21.9 Å². The minimum atomic E-state index is -0.157. The summed E-state index contributed by atoms with van der Waals surface area (Å²) in [7, 11) is 0. The molecule has 1 amide bonds. The number of carbonyl (C=O) groups is 1. The zero-order chi connectivity index (χ0) is 14.6. The minimum Gasteiger partial charge on any atom is -0.384 e. The number of aliphatic hydroxyl groups is 1. The van der Waals surface area contributed by atoms with Crippen molar-refractivity contribution >= 4 is 17.2 Å². The van der Waals surface area contributed by atoms with Crippen molar-refractivity contribution in [3.8, 4) is 11.8 Å². The van der Waals surface area contributed by atoms with E-state index in [2.05, 4.69) is 31.0 Å². The smallest absolute Gasteiger partial charge is 0.252 e. The molecule has 0 aromatic carbocycles. The first-order valence-electron chi connectivity index (χ1n) is 7.02. The highest BCUT2D eigenvalue weighted by molar-refractivity contribution is 7.10. The first-order valence-corrected chi connectivity index (χ1v) is 7.90. The SMILES string of the molecule is CC1(C)CCCCC1NC(=O)c1csc(C#CCO)c1. The number of thiophene rings is 1. The van der Waals surface area contributed by atoms with Gasteiger partial charge in [-0.15, -0.1) is 11.3 Å². The molecular weight excluding hydrogens is 270 g/mol. The normalized spacial score (nSPS) is 20.9. The van der Waals surface area contributed by atoms with E-state index in [0.29, 0.717) is 5.56 Å². The molecule has 20 heavy (non-hydrogen) atoms. The van der Waals surface area contributed by atoms with E-state index in [4.69, 9.17) is 5.11 Å². The average molecular weight is 291 g/mol. The summed E-state index contributed by atoms with van der Waals surface area (Å²) in [6, 6.07) is 2.04. The van der Waals surface area contributed by atoms with Gasteiger partial charge >= 0.3 is 0 Å². The van der Waals surface area contributed by atoms with Crippen LogP contribution >= 0.6 is 11.3 Å². The van der Waals surface area contributed by atoms with Crippen LogP contribution in [0.4, 0.5) is 0 Å². The van der Waals surface area contributed by atoms with Crippen LogP contribution in [0.3, 0.4) is 0 Å². The highest BCUT2D eigenvalue weighted by Crippen LogP contribution is 2.35. The topological polar surface area (TPSA) is 49.3 Å². The van der Waals surface area contributed by atoms with E-state index in [0.717, 1.165) is 17.7 Å². The predicted octanol–water partition coefficient (Wildman–Crippen LogP) is 2.79. The molecule has 3 nitrogen and oxygen atoms in total. The Morgan fingerprint density at radius 3 is 3.05 bits per heavy atom. The summed E-state index contributed by atoms with van der Waals surface area (Å²) in [5.74, 6) is 5.41. The van der Waals surface area contributed by atoms with Gasteiger partial charge in [-0.1, -0.05) is 38.5 Å². The van der Waals surface area contributed by atoms with Gasteiger partial charge in [0.15, 0.2) is 0 Å². The number of aliphatic hydroxyl groups excluding tert-OH is 1. The maximum atomic E-state index is 12.3. The van der Waals surface area contributed by atoms with Gasteiger partial charge in [0.1, 0.15) is 6.61 Å². The lowest BCUT2D eigenvalue weighted by atomic mass is 9.73. The Labute approximate surface area is 124 Å². The van der Waals surface area contributed by atoms with E-state index < -0.39 is 0 Å². The van der Waals surface area contributed by atoms with Crippen molar-refractivity contribution in [3.63, 3.8) is 0 Å². The van der Waals surface area contributed by atoms with Gasteiger partial charge in [-0.3, -0.25) is 4.79 Å². The number of hydrogen-bond acceptors (Lipinski definition) is 3. The average Bonchev–Trinajstić information content (AvgIpc) is 2.87. The van der Waals surface area contributed by atoms with Crippen LogP contribution in [0, 0.1) is 17.3 Å². The number of nitrogens with one attached hydrogen (secondary N) is 1. The maximum absolute atomic E-state index is 12.3. The molecule has 1 aromatic rings. The minimum absolute atomic E-state index is 0.0155. The molecule has 1 saturated carbocycles. The van der Waals surface area contributed by atoms with Crippen molar-refractivity contribution in [2.45, 2.75) is 45.6 Å². The summed E-state index contributed by atoms with van der Waals surface area (Å²) in [5.41, 5.74) is 0.835. The lowest BCUT2D eigenvalue weighted by Gasteiger charge is -2.39. The summed E-state index contributed by atoms with van der Waals surface area (Å²) in [5, 5.41) is 13.7. The molecule has 1 heterocycles. The van der Waals surface area contributed by atoms with Crippen LogP contribution in [-0.4, -0.2) is 23.7 Å². The van der Waals surface area contributed by atoms with E-state index in [1.54, 1.807) is 6.07 Å². The Bertz CT molecular complexity index is 536. The fourth-order valence-electron chi connectivity index (χ4n) is 2.65. The van der Waals surface area contributed by atoms with Gasteiger partial charge in [-0.25, -0.2) is 0 Å². The molecule has 4 heteroatoms. The maximum Gasteiger partial charge on any atom is 0.252 e. The van der Waals surface area contributed by atoms with E-state index >= 15 is 0 Å².